The van der Waals surface area contributed by atoms with Gasteiger partial charge in [0.25, 0.3) is 5.91 Å². The third kappa shape index (κ3) is 6.09. The maximum Gasteiger partial charge on any atom is 0.251 e. The number of hydrogen-bond donors (Lipinski definition) is 2. The predicted molar refractivity (Wildman–Crippen MR) is 106 cm³/mol. The van der Waals surface area contributed by atoms with Gasteiger partial charge >= 0.3 is 0 Å². The van der Waals surface area contributed by atoms with Crippen LogP contribution in [0.2, 0.25) is 5.02 Å². The Morgan fingerprint density at radius 2 is 1.93 bits per heavy atom. The lowest BCUT2D eigenvalue weighted by molar-refractivity contribution is 0.0947. The molecule has 2 aromatic rings. The number of halogens is 1. The molecular formula is C19H21ClN2O4S. The molecular weight excluding hydrogens is 388 g/mol. The van der Waals surface area contributed by atoms with Gasteiger partial charge in [-0.1, -0.05) is 35.4 Å². The minimum atomic E-state index is -3.83. The van der Waals surface area contributed by atoms with Crippen LogP contribution in [0.1, 0.15) is 15.9 Å². The molecule has 2 aromatic carbocycles. The second-order valence-corrected chi connectivity index (χ2v) is 7.85. The van der Waals surface area contributed by atoms with E-state index in [-0.39, 0.29) is 35.2 Å². The summed E-state index contributed by atoms with van der Waals surface area (Å²) in [6.07, 6.45) is 1.41. The Hall–Kier alpha value is -2.35. The molecule has 0 unspecified atom stereocenters. The molecule has 6 nitrogen and oxygen atoms in total. The Balaban J connectivity index is 1.97. The first-order chi connectivity index (χ1) is 12.8. The van der Waals surface area contributed by atoms with E-state index in [0.717, 1.165) is 5.56 Å². The Labute approximate surface area is 164 Å². The van der Waals surface area contributed by atoms with E-state index in [2.05, 4.69) is 16.6 Å². The molecule has 27 heavy (non-hydrogen) atoms. The van der Waals surface area contributed by atoms with Crippen molar-refractivity contribution in [3.63, 3.8) is 0 Å². The molecule has 1 amide bonds. The summed E-state index contributed by atoms with van der Waals surface area (Å²) >= 11 is 5.97. The minimum Gasteiger partial charge on any atom is -0.492 e. The van der Waals surface area contributed by atoms with Gasteiger partial charge in [0.1, 0.15) is 17.3 Å². The van der Waals surface area contributed by atoms with Gasteiger partial charge in [0, 0.05) is 12.1 Å². The lowest BCUT2D eigenvalue weighted by atomic mass is 10.2. The van der Waals surface area contributed by atoms with Crippen molar-refractivity contribution < 1.29 is 17.9 Å². The number of hydrogen-bond acceptors (Lipinski definition) is 4. The van der Waals surface area contributed by atoms with Crippen molar-refractivity contribution in [2.75, 3.05) is 19.7 Å². The van der Waals surface area contributed by atoms with Gasteiger partial charge in [-0.3, -0.25) is 4.79 Å². The van der Waals surface area contributed by atoms with Crippen LogP contribution in [0.5, 0.6) is 5.75 Å². The molecule has 0 bridgehead atoms. The number of benzene rings is 2. The van der Waals surface area contributed by atoms with Gasteiger partial charge < -0.3 is 10.1 Å². The number of aryl methyl sites for hydroxylation is 1. The van der Waals surface area contributed by atoms with Crippen LogP contribution in [-0.2, 0) is 10.0 Å². The van der Waals surface area contributed by atoms with Crippen molar-refractivity contribution in [2.24, 2.45) is 0 Å². The van der Waals surface area contributed by atoms with E-state index < -0.39 is 15.9 Å². The highest BCUT2D eigenvalue weighted by molar-refractivity contribution is 7.89. The van der Waals surface area contributed by atoms with Gasteiger partial charge in [-0.05, 0) is 37.3 Å². The maximum absolute atomic E-state index is 12.3. The Morgan fingerprint density at radius 1 is 1.22 bits per heavy atom. The zero-order valence-electron chi connectivity index (χ0n) is 14.9. The number of amides is 1. The van der Waals surface area contributed by atoms with E-state index in [0.29, 0.717) is 5.75 Å². The Kier molecular flexibility index (Phi) is 7.41. The van der Waals surface area contributed by atoms with Gasteiger partial charge in [-0.25, -0.2) is 13.1 Å². The van der Waals surface area contributed by atoms with Gasteiger partial charge in [0.2, 0.25) is 10.0 Å². The van der Waals surface area contributed by atoms with Crippen molar-refractivity contribution in [3.8, 4) is 5.75 Å². The van der Waals surface area contributed by atoms with Crippen LogP contribution >= 0.6 is 11.6 Å². The van der Waals surface area contributed by atoms with E-state index in [1.165, 1.54) is 24.3 Å². The van der Waals surface area contributed by atoms with Crippen LogP contribution in [0.4, 0.5) is 0 Å². The lowest BCUT2D eigenvalue weighted by Gasteiger charge is -2.10. The SMILES string of the molecule is C=CCNS(=O)(=O)c1cc(C(=O)NCCOc2ccc(C)cc2)ccc1Cl. The third-order valence-electron chi connectivity index (χ3n) is 3.58. The molecule has 0 heterocycles. The molecule has 0 saturated heterocycles. The predicted octanol–water partition coefficient (Wildman–Crippen LogP) is 2.92. The summed E-state index contributed by atoms with van der Waals surface area (Å²) < 4.78 is 32.3. The van der Waals surface area contributed by atoms with Crippen LogP contribution in [0.3, 0.4) is 0 Å². The van der Waals surface area contributed by atoms with Crippen molar-refractivity contribution in [1.29, 1.82) is 0 Å². The summed E-state index contributed by atoms with van der Waals surface area (Å²) in [5.41, 5.74) is 1.32. The molecule has 2 N–H and O–H groups in total. The van der Waals surface area contributed by atoms with Gasteiger partial charge in [0.05, 0.1) is 11.6 Å². The first-order valence-electron chi connectivity index (χ1n) is 8.21. The average molecular weight is 409 g/mol. The molecule has 0 fully saturated rings. The molecule has 0 aliphatic heterocycles. The number of carbonyl (C=O) groups excluding carboxylic acids is 1. The first-order valence-corrected chi connectivity index (χ1v) is 10.1. The molecule has 0 saturated carbocycles. The molecule has 0 spiro atoms. The topological polar surface area (TPSA) is 84.5 Å². The molecule has 144 valence electrons. The van der Waals surface area contributed by atoms with Gasteiger partial charge in [0.15, 0.2) is 0 Å². The minimum absolute atomic E-state index is 0.0332. The molecule has 0 aliphatic rings. The lowest BCUT2D eigenvalue weighted by Crippen LogP contribution is -2.29. The van der Waals surface area contributed by atoms with Crippen LogP contribution in [0.25, 0.3) is 0 Å². The molecule has 0 radical (unpaired) electrons. The maximum atomic E-state index is 12.3. The summed E-state index contributed by atoms with van der Waals surface area (Å²) in [7, 11) is -3.83. The standard InChI is InChI=1S/C19H21ClN2O4S/c1-3-10-22-27(24,25)18-13-15(6-9-17(18)20)19(23)21-11-12-26-16-7-4-14(2)5-8-16/h3-9,13,22H,1,10-12H2,2H3,(H,21,23). The quantitative estimate of drug-likeness (QED) is 0.493. The largest absolute Gasteiger partial charge is 0.492 e. The third-order valence-corrected chi connectivity index (χ3v) is 5.48. The van der Waals surface area contributed by atoms with Crippen LogP contribution < -0.4 is 14.8 Å². The fraction of sp³-hybridized carbons (Fsp3) is 0.211. The fourth-order valence-corrected chi connectivity index (χ4v) is 3.69. The van der Waals surface area contributed by atoms with E-state index in [4.69, 9.17) is 16.3 Å². The summed E-state index contributed by atoms with van der Waals surface area (Å²) in [4.78, 5) is 12.1. The van der Waals surface area contributed by atoms with E-state index >= 15 is 0 Å². The molecule has 2 rings (SSSR count). The Morgan fingerprint density at radius 3 is 2.59 bits per heavy atom. The van der Waals surface area contributed by atoms with E-state index in [9.17, 15) is 13.2 Å². The molecule has 0 aromatic heterocycles. The second kappa shape index (κ2) is 9.55. The summed E-state index contributed by atoms with van der Waals surface area (Å²) in [6.45, 7) is 6.06. The smallest absolute Gasteiger partial charge is 0.251 e. The number of ether oxygens (including phenoxy) is 1. The second-order valence-electron chi connectivity index (χ2n) is 5.70. The number of rotatable bonds is 9. The highest BCUT2D eigenvalue weighted by atomic mass is 35.5. The molecule has 0 aliphatic carbocycles. The van der Waals surface area contributed by atoms with Gasteiger partial charge in [-0.2, -0.15) is 0 Å². The summed E-state index contributed by atoms with van der Waals surface area (Å²) in [5.74, 6) is 0.294. The van der Waals surface area contributed by atoms with Crippen molar-refractivity contribution in [2.45, 2.75) is 11.8 Å². The number of sulfonamides is 1. The molecule has 8 heteroatoms. The Bertz CT molecular complexity index is 912. The van der Waals surface area contributed by atoms with Crippen LogP contribution in [-0.4, -0.2) is 34.0 Å². The monoisotopic (exact) mass is 408 g/mol. The van der Waals surface area contributed by atoms with Crippen molar-refractivity contribution in [3.05, 3.63) is 71.3 Å². The first kappa shape index (κ1) is 21.0. The molecule has 0 atom stereocenters. The van der Waals surface area contributed by atoms with Crippen molar-refractivity contribution >= 4 is 27.5 Å². The highest BCUT2D eigenvalue weighted by Crippen LogP contribution is 2.22. The van der Waals surface area contributed by atoms with E-state index in [1.54, 1.807) is 0 Å². The average Bonchev–Trinajstić information content (AvgIpc) is 2.65. The zero-order chi connectivity index (χ0) is 19.9. The normalized spacial score (nSPS) is 11.0. The van der Waals surface area contributed by atoms with E-state index in [1.807, 2.05) is 31.2 Å². The van der Waals surface area contributed by atoms with Gasteiger partial charge in [-0.15, -0.1) is 6.58 Å². The number of nitrogens with one attached hydrogen (secondary N) is 2. The summed E-state index contributed by atoms with van der Waals surface area (Å²) in [6, 6.07) is 11.7. The van der Waals surface area contributed by atoms with Crippen LogP contribution in [0.15, 0.2) is 60.0 Å². The zero-order valence-corrected chi connectivity index (χ0v) is 16.4. The van der Waals surface area contributed by atoms with Crippen LogP contribution in [0, 0.1) is 6.92 Å². The number of carbonyl (C=O) groups is 1. The summed E-state index contributed by atoms with van der Waals surface area (Å²) in [5, 5.41) is 2.72. The fourth-order valence-electron chi connectivity index (χ4n) is 2.17. The highest BCUT2D eigenvalue weighted by Gasteiger charge is 2.19. The van der Waals surface area contributed by atoms with Crippen molar-refractivity contribution in [1.82, 2.24) is 10.0 Å².